The summed E-state index contributed by atoms with van der Waals surface area (Å²) in [6.45, 7) is 0.208. The topological polar surface area (TPSA) is 85.2 Å². The van der Waals surface area contributed by atoms with Crippen molar-refractivity contribution in [2.45, 2.75) is 18.6 Å². The summed E-state index contributed by atoms with van der Waals surface area (Å²) in [6, 6.07) is 23.4. The summed E-state index contributed by atoms with van der Waals surface area (Å²) >= 11 is 0. The number of methoxy groups -OCH3 is 1. The van der Waals surface area contributed by atoms with E-state index in [0.717, 1.165) is 22.3 Å². The summed E-state index contributed by atoms with van der Waals surface area (Å²) in [7, 11) is 1.38. The second-order valence-corrected chi connectivity index (χ2v) is 7.04. The van der Waals surface area contributed by atoms with Crippen LogP contribution in [0.1, 0.15) is 28.3 Å². The summed E-state index contributed by atoms with van der Waals surface area (Å²) in [6.07, 6.45) is -0.569. The minimum atomic E-state index is -0.987. The number of rotatable bonds is 9. The van der Waals surface area contributed by atoms with Crippen molar-refractivity contribution >= 4 is 5.97 Å². The molecular weight excluding hydrogens is 406 g/mol. The molecule has 3 aromatic rings. The molecule has 3 rings (SSSR count). The Balaban J connectivity index is 1.54. The van der Waals surface area contributed by atoms with Crippen molar-refractivity contribution in [3.05, 3.63) is 106 Å². The van der Waals surface area contributed by atoms with Gasteiger partial charge in [-0.15, -0.1) is 4.91 Å². The standard InChI is InChI=1S/C26H23NO5/c1-31-24(26(28)29)18-20-11-9-19(10-12-20)6-5-17-32-23-15-13-22(14-16-23)25(27-30)21-7-3-2-4-8-21/h2-4,7-16,24-25H,17-18H2,1H3,(H,28,29)/t24-,25?/m0/s1. The fraction of sp³-hybridized carbons (Fsp3) is 0.192. The Morgan fingerprint density at radius 1 is 0.969 bits per heavy atom. The van der Waals surface area contributed by atoms with Gasteiger partial charge in [0.15, 0.2) is 6.10 Å². The molecule has 0 radical (unpaired) electrons. The smallest absolute Gasteiger partial charge is 0.333 e. The molecule has 0 aliphatic carbocycles. The lowest BCUT2D eigenvalue weighted by atomic mass is 10.00. The zero-order valence-corrected chi connectivity index (χ0v) is 17.6. The molecule has 3 aromatic carbocycles. The summed E-state index contributed by atoms with van der Waals surface area (Å²) in [4.78, 5) is 22.4. The van der Waals surface area contributed by atoms with Gasteiger partial charge in [-0.3, -0.25) is 0 Å². The number of ether oxygens (including phenoxy) is 2. The third-order valence-corrected chi connectivity index (χ3v) is 4.90. The monoisotopic (exact) mass is 429 g/mol. The van der Waals surface area contributed by atoms with E-state index >= 15 is 0 Å². The lowest BCUT2D eigenvalue weighted by Gasteiger charge is -2.10. The molecule has 0 bridgehead atoms. The van der Waals surface area contributed by atoms with Gasteiger partial charge in [0.1, 0.15) is 18.4 Å². The summed E-state index contributed by atoms with van der Waals surface area (Å²) < 4.78 is 10.6. The first-order valence-corrected chi connectivity index (χ1v) is 10.0. The van der Waals surface area contributed by atoms with Gasteiger partial charge in [-0.2, -0.15) is 0 Å². The number of hydrogen-bond acceptors (Lipinski definition) is 5. The fourth-order valence-electron chi connectivity index (χ4n) is 3.16. The molecule has 0 fully saturated rings. The summed E-state index contributed by atoms with van der Waals surface area (Å²) in [5.74, 6) is 5.63. The molecule has 0 spiro atoms. The molecule has 0 aromatic heterocycles. The van der Waals surface area contributed by atoms with Gasteiger partial charge >= 0.3 is 5.97 Å². The lowest BCUT2D eigenvalue weighted by molar-refractivity contribution is -0.148. The lowest BCUT2D eigenvalue weighted by Crippen LogP contribution is -2.24. The Bertz CT molecular complexity index is 1080. The van der Waals surface area contributed by atoms with Crippen LogP contribution < -0.4 is 4.74 Å². The van der Waals surface area contributed by atoms with E-state index in [0.29, 0.717) is 12.2 Å². The number of benzene rings is 3. The normalized spacial score (nSPS) is 12.2. The third kappa shape index (κ3) is 6.27. The predicted molar refractivity (Wildman–Crippen MR) is 121 cm³/mol. The van der Waals surface area contributed by atoms with Crippen LogP contribution in [0.3, 0.4) is 0 Å². The maximum atomic E-state index is 11.3. The van der Waals surface area contributed by atoms with Gasteiger partial charge in [0, 0.05) is 19.1 Å². The number of carboxylic acids is 1. The predicted octanol–water partition coefficient (Wildman–Crippen LogP) is 4.62. The van der Waals surface area contributed by atoms with E-state index in [1.165, 1.54) is 7.11 Å². The highest BCUT2D eigenvalue weighted by molar-refractivity contribution is 5.72. The van der Waals surface area contributed by atoms with Crippen molar-refractivity contribution in [2.75, 3.05) is 13.7 Å². The highest BCUT2D eigenvalue weighted by Crippen LogP contribution is 2.27. The molecule has 1 N–H and O–H groups in total. The maximum absolute atomic E-state index is 11.3. The molecule has 1 unspecified atom stereocenters. The van der Waals surface area contributed by atoms with Crippen molar-refractivity contribution < 1.29 is 19.4 Å². The fourth-order valence-corrected chi connectivity index (χ4v) is 3.16. The zero-order chi connectivity index (χ0) is 22.8. The van der Waals surface area contributed by atoms with Gasteiger partial charge in [-0.25, -0.2) is 4.79 Å². The number of hydrogen-bond donors (Lipinski definition) is 1. The van der Waals surface area contributed by atoms with Crippen LogP contribution in [-0.2, 0) is 16.0 Å². The highest BCUT2D eigenvalue weighted by atomic mass is 16.5. The van der Waals surface area contributed by atoms with E-state index in [4.69, 9.17) is 14.6 Å². The Morgan fingerprint density at radius 3 is 2.22 bits per heavy atom. The van der Waals surface area contributed by atoms with E-state index in [-0.39, 0.29) is 6.61 Å². The van der Waals surface area contributed by atoms with Crippen LogP contribution in [0.4, 0.5) is 0 Å². The third-order valence-electron chi connectivity index (χ3n) is 4.90. The average molecular weight is 429 g/mol. The molecule has 0 saturated heterocycles. The summed E-state index contributed by atoms with van der Waals surface area (Å²) in [5, 5.41) is 12.3. The second-order valence-electron chi connectivity index (χ2n) is 7.04. The molecule has 6 heteroatoms. The van der Waals surface area contributed by atoms with Crippen molar-refractivity contribution in [1.29, 1.82) is 0 Å². The van der Waals surface area contributed by atoms with Gasteiger partial charge in [0.05, 0.1) is 0 Å². The van der Waals surface area contributed by atoms with E-state index in [1.54, 1.807) is 12.1 Å². The van der Waals surface area contributed by atoms with Crippen LogP contribution in [0.25, 0.3) is 0 Å². The van der Waals surface area contributed by atoms with E-state index < -0.39 is 18.1 Å². The number of carboxylic acid groups (broad SMARTS) is 1. The molecule has 0 aliphatic heterocycles. The number of nitroso groups, excluding NO2 is 1. The Morgan fingerprint density at radius 2 is 1.62 bits per heavy atom. The first-order chi connectivity index (χ1) is 15.6. The quantitative estimate of drug-likeness (QED) is 0.396. The van der Waals surface area contributed by atoms with Crippen molar-refractivity contribution in [2.24, 2.45) is 5.18 Å². The average Bonchev–Trinajstić information content (AvgIpc) is 2.83. The van der Waals surface area contributed by atoms with Crippen LogP contribution in [0.15, 0.2) is 84.0 Å². The first-order valence-electron chi connectivity index (χ1n) is 10.0. The van der Waals surface area contributed by atoms with E-state index in [2.05, 4.69) is 17.0 Å². The van der Waals surface area contributed by atoms with E-state index in [9.17, 15) is 9.70 Å². The molecule has 2 atom stereocenters. The van der Waals surface area contributed by atoms with Crippen LogP contribution in [0.2, 0.25) is 0 Å². The first kappa shape index (κ1) is 22.7. The SMILES string of the molecule is CO[C@@H](Cc1ccc(C#CCOc2ccc(C(N=O)c3ccccc3)cc2)cc1)C(=O)O. The molecule has 32 heavy (non-hydrogen) atoms. The second kappa shape index (κ2) is 11.4. The Hall–Kier alpha value is -3.95. The van der Waals surface area contributed by atoms with Gasteiger partial charge in [0.2, 0.25) is 0 Å². The highest BCUT2D eigenvalue weighted by Gasteiger charge is 2.16. The molecule has 162 valence electrons. The number of nitrogens with zero attached hydrogens (tertiary/aromatic N) is 1. The molecule has 0 saturated carbocycles. The van der Waals surface area contributed by atoms with Crippen LogP contribution in [-0.4, -0.2) is 30.9 Å². The number of aliphatic carboxylic acids is 1. The van der Waals surface area contributed by atoms with Gasteiger partial charge in [0.25, 0.3) is 0 Å². The minimum absolute atomic E-state index is 0.208. The Kier molecular flexibility index (Phi) is 8.13. The molecule has 0 amide bonds. The maximum Gasteiger partial charge on any atom is 0.333 e. The largest absolute Gasteiger partial charge is 0.481 e. The van der Waals surface area contributed by atoms with Gasteiger partial charge < -0.3 is 14.6 Å². The Labute approximate surface area is 186 Å². The molecule has 6 nitrogen and oxygen atoms in total. The summed E-state index contributed by atoms with van der Waals surface area (Å²) in [5.41, 5.74) is 3.30. The van der Waals surface area contributed by atoms with Crippen LogP contribution in [0.5, 0.6) is 5.75 Å². The molecule has 0 aliphatic rings. The van der Waals surface area contributed by atoms with Crippen molar-refractivity contribution in [3.63, 3.8) is 0 Å². The van der Waals surface area contributed by atoms with Gasteiger partial charge in [-0.05, 0) is 41.0 Å². The van der Waals surface area contributed by atoms with Crippen LogP contribution in [0, 0.1) is 16.7 Å². The van der Waals surface area contributed by atoms with Crippen molar-refractivity contribution in [3.8, 4) is 17.6 Å². The van der Waals surface area contributed by atoms with Crippen LogP contribution >= 0.6 is 0 Å². The molecular formula is C26H23NO5. The number of carbonyl (C=O) groups is 1. The molecule has 0 heterocycles. The van der Waals surface area contributed by atoms with Gasteiger partial charge in [-0.1, -0.05) is 71.6 Å². The minimum Gasteiger partial charge on any atom is -0.481 e. The van der Waals surface area contributed by atoms with E-state index in [1.807, 2.05) is 66.7 Å². The zero-order valence-electron chi connectivity index (χ0n) is 17.6. The van der Waals surface area contributed by atoms with Crippen molar-refractivity contribution in [1.82, 2.24) is 0 Å².